The van der Waals surface area contributed by atoms with Crippen molar-refractivity contribution in [1.29, 1.82) is 0 Å². The maximum Gasteiger partial charge on any atom is 0.227 e. The second kappa shape index (κ2) is 9.69. The zero-order valence-corrected chi connectivity index (χ0v) is 20.4. The molecule has 7 heteroatoms. The van der Waals surface area contributed by atoms with Gasteiger partial charge in [0, 0.05) is 23.4 Å². The summed E-state index contributed by atoms with van der Waals surface area (Å²) >= 11 is 1.68. The van der Waals surface area contributed by atoms with E-state index in [-0.39, 0.29) is 17.2 Å². The summed E-state index contributed by atoms with van der Waals surface area (Å²) in [6.45, 7) is 9.36. The van der Waals surface area contributed by atoms with Crippen molar-refractivity contribution in [3.05, 3.63) is 41.1 Å². The number of aromatic nitrogens is 3. The molecular formula is C25H34N4O2S. The number of hydrogen-bond acceptors (Lipinski definition) is 6. The number of ketones is 1. The van der Waals surface area contributed by atoms with Gasteiger partial charge in [0.25, 0.3) is 0 Å². The van der Waals surface area contributed by atoms with Crippen molar-refractivity contribution >= 4 is 23.5 Å². The highest BCUT2D eigenvalue weighted by molar-refractivity contribution is 7.99. The molecule has 32 heavy (non-hydrogen) atoms. The van der Waals surface area contributed by atoms with Gasteiger partial charge in [-0.25, -0.2) is 4.68 Å². The van der Waals surface area contributed by atoms with Gasteiger partial charge in [-0.15, -0.1) is 5.10 Å². The number of allylic oxidation sites excluding steroid dienone is 2. The van der Waals surface area contributed by atoms with E-state index in [9.17, 15) is 4.79 Å². The lowest BCUT2D eigenvalue weighted by molar-refractivity contribution is -0.118. The van der Waals surface area contributed by atoms with Crippen LogP contribution < -0.4 is 10.1 Å². The van der Waals surface area contributed by atoms with E-state index in [0.29, 0.717) is 6.42 Å². The Morgan fingerprint density at radius 3 is 2.62 bits per heavy atom. The van der Waals surface area contributed by atoms with Crippen LogP contribution in [0.15, 0.2) is 40.7 Å². The fourth-order valence-electron chi connectivity index (χ4n) is 4.35. The van der Waals surface area contributed by atoms with Crippen molar-refractivity contribution in [2.24, 2.45) is 5.41 Å². The van der Waals surface area contributed by atoms with Crippen LogP contribution in [0.2, 0.25) is 0 Å². The van der Waals surface area contributed by atoms with Gasteiger partial charge in [0.1, 0.15) is 11.8 Å². The Balaban J connectivity index is 1.69. The number of rotatable bonds is 9. The average molecular weight is 455 g/mol. The summed E-state index contributed by atoms with van der Waals surface area (Å²) in [4.78, 5) is 18.1. The van der Waals surface area contributed by atoms with Crippen LogP contribution in [0.5, 0.6) is 5.75 Å². The van der Waals surface area contributed by atoms with Crippen LogP contribution in [0, 0.1) is 5.41 Å². The molecule has 0 saturated heterocycles. The van der Waals surface area contributed by atoms with E-state index < -0.39 is 0 Å². The molecule has 2 heterocycles. The van der Waals surface area contributed by atoms with Gasteiger partial charge in [-0.1, -0.05) is 64.4 Å². The van der Waals surface area contributed by atoms with E-state index in [4.69, 9.17) is 14.8 Å². The Hall–Kier alpha value is -2.28. The number of benzene rings is 1. The predicted molar refractivity (Wildman–Crippen MR) is 129 cm³/mol. The zero-order valence-electron chi connectivity index (χ0n) is 19.6. The standard InChI is InChI=1S/C25H34N4O2S/c1-5-7-13-31-18-11-9-17(10-12-18)22-21-19(15-25(3,4)16-20(21)30)26-23-27-24(28-29(22)23)32-14-8-6-2/h9-12,22H,5-8,13-16H2,1-4H3,(H,26,27,28). The van der Waals surface area contributed by atoms with E-state index in [1.165, 1.54) is 0 Å². The van der Waals surface area contributed by atoms with Gasteiger partial charge >= 0.3 is 0 Å². The summed E-state index contributed by atoms with van der Waals surface area (Å²) in [5.41, 5.74) is 2.79. The number of thioether (sulfide) groups is 1. The maximum atomic E-state index is 13.3. The smallest absolute Gasteiger partial charge is 0.227 e. The number of anilines is 1. The van der Waals surface area contributed by atoms with E-state index in [2.05, 4.69) is 45.1 Å². The van der Waals surface area contributed by atoms with Crippen LogP contribution in [0.25, 0.3) is 0 Å². The van der Waals surface area contributed by atoms with E-state index in [1.54, 1.807) is 11.8 Å². The number of Topliss-reactive ketones (excluding diaryl/α,β-unsaturated/α-hetero) is 1. The quantitative estimate of drug-likeness (QED) is 0.370. The number of carbonyl (C=O) groups is 1. The highest BCUT2D eigenvalue weighted by Gasteiger charge is 2.41. The second-order valence-corrected chi connectivity index (χ2v) is 10.6. The minimum atomic E-state index is -0.262. The van der Waals surface area contributed by atoms with Gasteiger partial charge in [-0.2, -0.15) is 4.98 Å². The lowest BCUT2D eigenvalue weighted by Crippen LogP contribution is -2.36. The topological polar surface area (TPSA) is 69.0 Å². The first-order chi connectivity index (χ1) is 15.4. The molecule has 4 rings (SSSR count). The van der Waals surface area contributed by atoms with Crippen molar-refractivity contribution in [2.75, 3.05) is 17.7 Å². The summed E-state index contributed by atoms with van der Waals surface area (Å²) in [5, 5.41) is 9.03. The molecule has 1 aromatic carbocycles. The molecule has 1 aromatic heterocycles. The molecular weight excluding hydrogens is 420 g/mol. The number of unbranched alkanes of at least 4 members (excludes halogenated alkanes) is 2. The first-order valence-corrected chi connectivity index (χ1v) is 12.8. The Morgan fingerprint density at radius 2 is 1.91 bits per heavy atom. The third-order valence-corrected chi connectivity index (χ3v) is 6.93. The molecule has 2 aromatic rings. The Morgan fingerprint density at radius 1 is 1.16 bits per heavy atom. The van der Waals surface area contributed by atoms with Gasteiger partial charge < -0.3 is 10.1 Å². The van der Waals surface area contributed by atoms with Gasteiger partial charge in [0.05, 0.1) is 6.61 Å². The minimum absolute atomic E-state index is 0.0641. The average Bonchev–Trinajstić information content (AvgIpc) is 3.14. The first kappa shape index (κ1) is 22.9. The lowest BCUT2D eigenvalue weighted by Gasteiger charge is -2.38. The second-order valence-electron chi connectivity index (χ2n) is 9.50. The highest BCUT2D eigenvalue weighted by Crippen LogP contribution is 2.45. The van der Waals surface area contributed by atoms with Crippen LogP contribution >= 0.6 is 11.8 Å². The molecule has 0 saturated carbocycles. The molecule has 0 bridgehead atoms. The Labute approximate surface area is 195 Å². The van der Waals surface area contributed by atoms with Crippen molar-refractivity contribution in [3.8, 4) is 5.75 Å². The summed E-state index contributed by atoms with van der Waals surface area (Å²) in [6, 6.07) is 7.85. The van der Waals surface area contributed by atoms with Gasteiger partial charge in [-0.05, 0) is 42.4 Å². The number of fused-ring (bicyclic) bond motifs is 1. The van der Waals surface area contributed by atoms with E-state index in [1.807, 2.05) is 16.8 Å². The zero-order chi connectivity index (χ0) is 22.7. The van der Waals surface area contributed by atoms with Crippen molar-refractivity contribution < 1.29 is 9.53 Å². The van der Waals surface area contributed by atoms with E-state index >= 15 is 0 Å². The number of nitrogens with zero attached hydrogens (tertiary/aromatic N) is 3. The SMILES string of the molecule is CCCCOc1ccc(C2C3=C(CC(C)(C)CC3=O)Nc3nc(SCCCC)nn32)cc1. The third kappa shape index (κ3) is 4.87. The molecule has 0 fully saturated rings. The molecule has 1 unspecified atom stereocenters. The minimum Gasteiger partial charge on any atom is -0.494 e. The molecule has 2 aliphatic rings. The van der Waals surface area contributed by atoms with Crippen LogP contribution in [-0.4, -0.2) is 32.9 Å². The Kier molecular flexibility index (Phi) is 6.93. The van der Waals surface area contributed by atoms with Crippen molar-refractivity contribution in [3.63, 3.8) is 0 Å². The summed E-state index contributed by atoms with van der Waals surface area (Å²) in [6.07, 6.45) is 5.80. The molecule has 0 spiro atoms. The number of hydrogen-bond donors (Lipinski definition) is 1. The normalized spacial score (nSPS) is 19.4. The predicted octanol–water partition coefficient (Wildman–Crippen LogP) is 6.01. The van der Waals surface area contributed by atoms with Crippen LogP contribution in [-0.2, 0) is 4.79 Å². The molecule has 0 amide bonds. The molecule has 1 aliphatic heterocycles. The van der Waals surface area contributed by atoms with Crippen LogP contribution in [0.1, 0.15) is 77.8 Å². The number of carbonyl (C=O) groups excluding carboxylic acids is 1. The maximum absolute atomic E-state index is 13.3. The van der Waals surface area contributed by atoms with Gasteiger partial charge in [0.2, 0.25) is 11.1 Å². The summed E-state index contributed by atoms with van der Waals surface area (Å²) in [7, 11) is 0. The van der Waals surface area contributed by atoms with Gasteiger partial charge in [-0.3, -0.25) is 4.79 Å². The lowest BCUT2D eigenvalue weighted by atomic mass is 9.73. The summed E-state index contributed by atoms with van der Waals surface area (Å²) in [5.74, 6) is 2.77. The van der Waals surface area contributed by atoms with Crippen molar-refractivity contribution in [2.45, 2.75) is 77.4 Å². The molecule has 172 valence electrons. The monoisotopic (exact) mass is 454 g/mol. The molecule has 1 N–H and O–H groups in total. The molecule has 1 atom stereocenters. The largest absolute Gasteiger partial charge is 0.494 e. The first-order valence-electron chi connectivity index (χ1n) is 11.8. The van der Waals surface area contributed by atoms with Gasteiger partial charge in [0.15, 0.2) is 5.78 Å². The van der Waals surface area contributed by atoms with Crippen LogP contribution in [0.3, 0.4) is 0 Å². The Bertz CT molecular complexity index is 994. The molecule has 0 radical (unpaired) electrons. The van der Waals surface area contributed by atoms with Crippen LogP contribution in [0.4, 0.5) is 5.95 Å². The summed E-state index contributed by atoms with van der Waals surface area (Å²) < 4.78 is 7.74. The van der Waals surface area contributed by atoms with Crippen molar-refractivity contribution in [1.82, 2.24) is 14.8 Å². The highest BCUT2D eigenvalue weighted by atomic mass is 32.2. The fraction of sp³-hybridized carbons (Fsp3) is 0.560. The fourth-order valence-corrected chi connectivity index (χ4v) is 5.26. The van der Waals surface area contributed by atoms with E-state index in [0.717, 1.165) is 78.2 Å². The molecule has 6 nitrogen and oxygen atoms in total. The number of nitrogens with one attached hydrogen (secondary N) is 1. The number of ether oxygens (including phenoxy) is 1. The third-order valence-electron chi connectivity index (χ3n) is 6.00. The molecule has 1 aliphatic carbocycles.